The van der Waals surface area contributed by atoms with Crippen molar-refractivity contribution in [2.75, 3.05) is 0 Å². The molecule has 0 aromatic carbocycles. The zero-order chi connectivity index (χ0) is 21.7. The number of carboxylic acid groups (broad SMARTS) is 1. The van der Waals surface area contributed by atoms with E-state index in [2.05, 4.69) is 42.7 Å². The van der Waals surface area contributed by atoms with Crippen LogP contribution < -0.4 is 10.9 Å². The van der Waals surface area contributed by atoms with Crippen LogP contribution in [0.5, 0.6) is 0 Å². The van der Waals surface area contributed by atoms with E-state index in [1.54, 1.807) is 6.92 Å². The Kier molecular flexibility index (Phi) is 5.60. The van der Waals surface area contributed by atoms with Crippen molar-refractivity contribution in [3.63, 3.8) is 0 Å². The Hall–Kier alpha value is 0.850. The minimum absolute atomic E-state index is 0.325. The van der Waals surface area contributed by atoms with Gasteiger partial charge in [-0.05, 0) is 13.3 Å². The quantitative estimate of drug-likeness (QED) is 0.318. The Bertz CT molecular complexity index is 854. The first-order valence-corrected chi connectivity index (χ1v) is 11.4. The fourth-order valence-electron chi connectivity index (χ4n) is 3.61. The Morgan fingerprint density at radius 1 is 1.00 bits per heavy atom. The molecule has 0 aliphatic heterocycles. The molecule has 0 radical (unpaired) electrons. The van der Waals surface area contributed by atoms with Gasteiger partial charge >= 0.3 is 5.97 Å². The van der Waals surface area contributed by atoms with E-state index in [9.17, 15) is 19.5 Å². The van der Waals surface area contributed by atoms with Crippen molar-refractivity contribution in [2.24, 2.45) is 17.3 Å². The molecular weight excluding hydrogens is 633 g/mol. The Labute approximate surface area is 206 Å². The average Bonchev–Trinajstić information content (AvgIpc) is 3.03. The van der Waals surface area contributed by atoms with E-state index in [1.807, 2.05) is 0 Å². The number of alkyl halides is 6. The van der Waals surface area contributed by atoms with E-state index in [0.29, 0.717) is 6.42 Å². The fraction of sp³-hybridized carbons (Fsp3) is 0.643. The monoisotopic (exact) mass is 638 g/mol. The number of carbonyl (C=O) groups excluding carboxylic acids is 2. The molecule has 3 N–H and O–H groups in total. The number of hydrogen-bond acceptors (Lipinski definition) is 3. The molecule has 14 heteroatoms. The van der Waals surface area contributed by atoms with Crippen LogP contribution in [0.4, 0.5) is 0 Å². The van der Waals surface area contributed by atoms with Crippen molar-refractivity contribution < 1.29 is 19.5 Å². The highest BCUT2D eigenvalue weighted by atomic mass is 79.9. The van der Waals surface area contributed by atoms with Crippen LogP contribution in [0, 0.1) is 17.3 Å². The molecule has 0 aromatic rings. The van der Waals surface area contributed by atoms with Gasteiger partial charge in [-0.1, -0.05) is 78.3 Å². The number of carbonyl (C=O) groups is 3. The molecule has 0 heterocycles. The van der Waals surface area contributed by atoms with Crippen LogP contribution in [0.25, 0.3) is 0 Å². The lowest BCUT2D eigenvalue weighted by Crippen LogP contribution is -2.54. The number of aliphatic carboxylic acids is 1. The molecule has 3 aliphatic rings. The molecule has 3 rings (SSSR count). The minimum Gasteiger partial charge on any atom is -0.481 e. The molecule has 0 spiro atoms. The smallest absolute Gasteiger partial charge is 0.309 e. The van der Waals surface area contributed by atoms with Crippen molar-refractivity contribution in [2.45, 2.75) is 30.7 Å². The topological polar surface area (TPSA) is 95.5 Å². The standard InChI is InChI=1S/C14H10Br2Cl6N2O4/c1-10(2-11(10,15)16)9(28)24-23-7(25)3-4(8(26)27)13(20)6(18)5(17)12(3,19)14(13,21)22/h3-4H,2H2,1H3,(H,23,25)(H,24,28)(H,26,27)/t3-,4+,10-,12-,13-/m1/s1. The van der Waals surface area contributed by atoms with Crippen molar-refractivity contribution in [1.29, 1.82) is 0 Å². The first kappa shape index (κ1) is 23.5. The van der Waals surface area contributed by atoms with Gasteiger partial charge in [0.15, 0.2) is 4.33 Å². The second-order valence-corrected chi connectivity index (χ2v) is 14.1. The molecule has 2 amide bonds. The van der Waals surface area contributed by atoms with Gasteiger partial charge in [0.1, 0.15) is 9.75 Å². The van der Waals surface area contributed by atoms with Gasteiger partial charge in [-0.25, -0.2) is 0 Å². The van der Waals surface area contributed by atoms with E-state index in [4.69, 9.17) is 69.6 Å². The number of carboxylic acids is 1. The summed E-state index contributed by atoms with van der Waals surface area (Å²) in [5.74, 6) is -6.34. The SMILES string of the molecule is C[C@]1(C(=O)NNC(=O)[C@H]2[C@@H](C(=O)O)[C@@]3(Cl)C(Cl)=C(Cl)[C@@]2(Cl)C3(Cl)Cl)CC1(Br)Br. The molecule has 3 aliphatic carbocycles. The predicted molar refractivity (Wildman–Crippen MR) is 115 cm³/mol. The lowest BCUT2D eigenvalue weighted by atomic mass is 9.81. The summed E-state index contributed by atoms with van der Waals surface area (Å²) in [6.45, 7) is 1.66. The maximum atomic E-state index is 12.9. The number of nitrogens with one attached hydrogen (secondary N) is 2. The highest BCUT2D eigenvalue weighted by Gasteiger charge is 2.85. The number of fused-ring (bicyclic) bond motifs is 2. The number of hydrogen-bond donors (Lipinski definition) is 3. The average molecular weight is 643 g/mol. The molecule has 0 aromatic heterocycles. The number of amides is 2. The van der Waals surface area contributed by atoms with Crippen molar-refractivity contribution in [1.82, 2.24) is 10.9 Å². The summed E-state index contributed by atoms with van der Waals surface area (Å²) >= 11 is 44.5. The molecule has 5 atom stereocenters. The van der Waals surface area contributed by atoms with Crippen molar-refractivity contribution >= 4 is 119 Å². The zero-order valence-corrected chi connectivity index (χ0v) is 21.3. The van der Waals surface area contributed by atoms with Gasteiger partial charge in [-0.2, -0.15) is 0 Å². The summed E-state index contributed by atoms with van der Waals surface area (Å²) in [6.07, 6.45) is 0.462. The molecule has 2 saturated carbocycles. The molecular formula is C14H10Br2Cl6N2O4. The Morgan fingerprint density at radius 3 is 1.82 bits per heavy atom. The third-order valence-electron chi connectivity index (χ3n) is 5.54. The lowest BCUT2D eigenvalue weighted by Gasteiger charge is -2.33. The molecule has 2 fully saturated rings. The predicted octanol–water partition coefficient (Wildman–Crippen LogP) is 4.19. The fourth-order valence-corrected chi connectivity index (χ4v) is 8.02. The van der Waals surface area contributed by atoms with E-state index in [-0.39, 0.29) is 10.1 Å². The van der Waals surface area contributed by atoms with E-state index in [1.165, 1.54) is 0 Å². The summed E-state index contributed by atoms with van der Waals surface area (Å²) in [6, 6.07) is 0. The van der Waals surface area contributed by atoms with Crippen LogP contribution in [0.2, 0.25) is 0 Å². The van der Waals surface area contributed by atoms with Crippen molar-refractivity contribution in [3.05, 3.63) is 10.1 Å². The maximum absolute atomic E-state index is 12.9. The van der Waals surface area contributed by atoms with Crippen LogP contribution in [-0.2, 0) is 14.4 Å². The normalized spacial score (nSPS) is 42.3. The minimum atomic E-state index is -2.21. The number of halogens is 8. The molecule has 6 nitrogen and oxygen atoms in total. The van der Waals surface area contributed by atoms with Gasteiger partial charge in [0.05, 0.1) is 30.5 Å². The second-order valence-electron chi connectivity index (χ2n) is 7.08. The van der Waals surface area contributed by atoms with Gasteiger partial charge in [-0.15, -0.1) is 23.2 Å². The van der Waals surface area contributed by atoms with Gasteiger partial charge in [0, 0.05) is 0 Å². The molecule has 0 saturated heterocycles. The van der Waals surface area contributed by atoms with Gasteiger partial charge < -0.3 is 5.11 Å². The second kappa shape index (κ2) is 6.67. The van der Waals surface area contributed by atoms with Gasteiger partial charge in [-0.3, -0.25) is 25.2 Å². The van der Waals surface area contributed by atoms with Gasteiger partial charge in [0.2, 0.25) is 11.8 Å². The van der Waals surface area contributed by atoms with E-state index >= 15 is 0 Å². The summed E-state index contributed by atoms with van der Waals surface area (Å²) in [5, 5.41) is 9.02. The van der Waals surface area contributed by atoms with Gasteiger partial charge in [0.25, 0.3) is 0 Å². The zero-order valence-electron chi connectivity index (χ0n) is 13.6. The summed E-state index contributed by atoms with van der Waals surface area (Å²) in [7, 11) is 0. The third-order valence-corrected chi connectivity index (χ3v) is 12.1. The van der Waals surface area contributed by atoms with E-state index in [0.717, 1.165) is 0 Å². The first-order valence-electron chi connectivity index (χ1n) is 7.54. The number of rotatable bonds is 3. The van der Waals surface area contributed by atoms with E-state index < -0.39 is 52.3 Å². The van der Waals surface area contributed by atoms with Crippen LogP contribution in [-0.4, -0.2) is 40.2 Å². The van der Waals surface area contributed by atoms with Crippen LogP contribution in [0.1, 0.15) is 13.3 Å². The third kappa shape index (κ3) is 2.61. The highest BCUT2D eigenvalue weighted by molar-refractivity contribution is 9.25. The summed E-state index contributed by atoms with van der Waals surface area (Å²) in [5.41, 5.74) is 3.58. The molecule has 156 valence electrons. The Balaban J connectivity index is 1.92. The van der Waals surface area contributed by atoms with Crippen LogP contribution in [0.3, 0.4) is 0 Å². The van der Waals surface area contributed by atoms with Crippen LogP contribution >= 0.6 is 101 Å². The van der Waals surface area contributed by atoms with Crippen molar-refractivity contribution in [3.8, 4) is 0 Å². The highest BCUT2D eigenvalue weighted by Crippen LogP contribution is 2.76. The number of allylic oxidation sites excluding steroid dienone is 2. The first-order chi connectivity index (χ1) is 12.5. The summed E-state index contributed by atoms with van der Waals surface area (Å²) < 4.78 is -2.82. The maximum Gasteiger partial charge on any atom is 0.309 e. The number of hydrazine groups is 1. The largest absolute Gasteiger partial charge is 0.481 e. The molecule has 0 unspecified atom stereocenters. The molecule has 28 heavy (non-hydrogen) atoms. The summed E-state index contributed by atoms with van der Waals surface area (Å²) in [4.78, 5) is 32.9. The molecule has 2 bridgehead atoms. The van der Waals surface area contributed by atoms with Crippen LogP contribution in [0.15, 0.2) is 10.1 Å². The lowest BCUT2D eigenvalue weighted by molar-refractivity contribution is -0.147. The Morgan fingerprint density at radius 2 is 1.43 bits per heavy atom.